The Balaban J connectivity index is 2.00. The third kappa shape index (κ3) is 2.61. The lowest BCUT2D eigenvalue weighted by Crippen LogP contribution is -2.25. The van der Waals surface area contributed by atoms with Crippen molar-refractivity contribution in [3.8, 4) is 0 Å². The Morgan fingerprint density at radius 2 is 2.14 bits per heavy atom. The number of nitrogens with one attached hydrogen (secondary N) is 1. The minimum atomic E-state index is -0.583. The smallest absolute Gasteiger partial charge is 0.271 e. The molecule has 0 aliphatic carbocycles. The first kappa shape index (κ1) is 15.0. The highest BCUT2D eigenvalue weighted by Gasteiger charge is 2.16. The Bertz CT molecular complexity index is 949. The molecule has 0 spiro atoms. The summed E-state index contributed by atoms with van der Waals surface area (Å²) in [5, 5.41) is 3.11. The van der Waals surface area contributed by atoms with Crippen LogP contribution in [0.25, 0.3) is 4.96 Å². The van der Waals surface area contributed by atoms with Crippen molar-refractivity contribution in [1.29, 1.82) is 0 Å². The Morgan fingerprint density at radius 3 is 2.91 bits per heavy atom. The number of anilines is 1. The molecular formula is C14H9Cl2N3O2S. The summed E-state index contributed by atoms with van der Waals surface area (Å²) in [6.07, 6.45) is 2.92. The summed E-state index contributed by atoms with van der Waals surface area (Å²) in [6.45, 7) is 1.87. The lowest BCUT2D eigenvalue weighted by molar-refractivity contribution is 0.102. The van der Waals surface area contributed by atoms with Gasteiger partial charge >= 0.3 is 0 Å². The maximum atomic E-state index is 12.3. The van der Waals surface area contributed by atoms with Crippen molar-refractivity contribution in [2.45, 2.75) is 6.92 Å². The van der Waals surface area contributed by atoms with Crippen LogP contribution < -0.4 is 10.9 Å². The zero-order chi connectivity index (χ0) is 15.9. The zero-order valence-electron chi connectivity index (χ0n) is 11.3. The van der Waals surface area contributed by atoms with Crippen molar-refractivity contribution in [2.24, 2.45) is 0 Å². The van der Waals surface area contributed by atoms with E-state index in [0.29, 0.717) is 15.7 Å². The van der Waals surface area contributed by atoms with Crippen LogP contribution >= 0.6 is 34.5 Å². The Labute approximate surface area is 139 Å². The standard InChI is InChI=1S/C14H9Cl2N3O2S/c1-7-6-19-13(21)8(5-17-14(19)22-7)12(20)18-10-4-2-3-9(15)11(10)16/h2-6H,1H3,(H,18,20). The van der Waals surface area contributed by atoms with E-state index in [-0.39, 0.29) is 10.6 Å². The Morgan fingerprint density at radius 1 is 1.36 bits per heavy atom. The first-order chi connectivity index (χ1) is 10.5. The van der Waals surface area contributed by atoms with Gasteiger partial charge in [-0.3, -0.25) is 14.0 Å². The van der Waals surface area contributed by atoms with E-state index in [1.165, 1.54) is 21.9 Å². The van der Waals surface area contributed by atoms with Crippen LogP contribution in [0.2, 0.25) is 10.0 Å². The molecule has 0 unspecified atom stereocenters. The number of carbonyl (C=O) groups is 1. The van der Waals surface area contributed by atoms with Gasteiger partial charge in [0, 0.05) is 17.3 Å². The topological polar surface area (TPSA) is 63.5 Å². The van der Waals surface area contributed by atoms with Gasteiger partial charge in [0.05, 0.1) is 15.7 Å². The Kier molecular flexibility index (Phi) is 3.90. The number of thiazole rings is 1. The first-order valence-corrected chi connectivity index (χ1v) is 7.78. The molecule has 1 aromatic carbocycles. The lowest BCUT2D eigenvalue weighted by atomic mass is 10.2. The molecule has 0 aliphatic rings. The van der Waals surface area contributed by atoms with Crippen molar-refractivity contribution < 1.29 is 4.79 Å². The fraction of sp³-hybridized carbons (Fsp3) is 0.0714. The molecule has 112 valence electrons. The second-order valence-corrected chi connectivity index (χ2v) is 6.53. The molecule has 2 aromatic heterocycles. The van der Waals surface area contributed by atoms with E-state index in [1.807, 2.05) is 6.92 Å². The van der Waals surface area contributed by atoms with Gasteiger partial charge in [0.2, 0.25) is 0 Å². The van der Waals surface area contributed by atoms with E-state index in [0.717, 1.165) is 4.88 Å². The molecule has 0 saturated carbocycles. The summed E-state index contributed by atoms with van der Waals surface area (Å²) >= 11 is 13.3. The predicted octanol–water partition coefficient (Wildman–Crippen LogP) is 3.62. The number of aryl methyl sites for hydroxylation is 1. The van der Waals surface area contributed by atoms with Gasteiger partial charge in [0.25, 0.3) is 11.5 Å². The van der Waals surface area contributed by atoms with Crippen LogP contribution in [0.4, 0.5) is 5.69 Å². The van der Waals surface area contributed by atoms with Gasteiger partial charge in [-0.15, -0.1) is 11.3 Å². The molecule has 3 aromatic rings. The van der Waals surface area contributed by atoms with E-state index < -0.39 is 11.5 Å². The summed E-state index contributed by atoms with van der Waals surface area (Å²) in [4.78, 5) is 30.2. The molecule has 0 saturated heterocycles. The normalized spacial score (nSPS) is 10.9. The van der Waals surface area contributed by atoms with E-state index >= 15 is 0 Å². The van der Waals surface area contributed by atoms with Crippen LogP contribution in [-0.4, -0.2) is 15.3 Å². The van der Waals surface area contributed by atoms with E-state index in [4.69, 9.17) is 23.2 Å². The summed E-state index contributed by atoms with van der Waals surface area (Å²) in [5.41, 5.74) is -0.151. The van der Waals surface area contributed by atoms with Gasteiger partial charge < -0.3 is 5.32 Å². The molecule has 0 fully saturated rings. The zero-order valence-corrected chi connectivity index (χ0v) is 13.6. The van der Waals surface area contributed by atoms with Crippen molar-refractivity contribution >= 4 is 51.1 Å². The number of nitrogens with zero attached hydrogens (tertiary/aromatic N) is 2. The van der Waals surface area contributed by atoms with E-state index in [2.05, 4.69) is 10.3 Å². The predicted molar refractivity (Wildman–Crippen MR) is 88.5 cm³/mol. The molecule has 8 heteroatoms. The number of aromatic nitrogens is 2. The third-order valence-electron chi connectivity index (χ3n) is 2.97. The van der Waals surface area contributed by atoms with Crippen LogP contribution in [0.3, 0.4) is 0 Å². The van der Waals surface area contributed by atoms with Gasteiger partial charge in [-0.05, 0) is 19.1 Å². The SMILES string of the molecule is Cc1cn2c(=O)c(C(=O)Nc3cccc(Cl)c3Cl)cnc2s1. The van der Waals surface area contributed by atoms with Crippen molar-refractivity contribution in [3.05, 3.63) is 61.4 Å². The number of rotatable bonds is 2. The second-order valence-electron chi connectivity index (χ2n) is 4.53. The number of halogens is 2. The van der Waals surface area contributed by atoms with Crippen LogP contribution in [0.15, 0.2) is 35.4 Å². The number of fused-ring (bicyclic) bond motifs is 1. The highest BCUT2D eigenvalue weighted by molar-refractivity contribution is 7.16. The number of benzene rings is 1. The van der Waals surface area contributed by atoms with E-state index in [9.17, 15) is 9.59 Å². The number of amides is 1. The third-order valence-corrected chi connectivity index (χ3v) is 4.70. The van der Waals surface area contributed by atoms with Gasteiger partial charge in [0.15, 0.2) is 4.96 Å². The quantitative estimate of drug-likeness (QED) is 0.765. The average molecular weight is 354 g/mol. The van der Waals surface area contributed by atoms with Gasteiger partial charge in [-0.1, -0.05) is 29.3 Å². The van der Waals surface area contributed by atoms with Crippen LogP contribution in [0.5, 0.6) is 0 Å². The molecule has 22 heavy (non-hydrogen) atoms. The minimum Gasteiger partial charge on any atom is -0.320 e. The molecule has 0 aliphatic heterocycles. The lowest BCUT2D eigenvalue weighted by Gasteiger charge is -2.07. The van der Waals surface area contributed by atoms with Crippen molar-refractivity contribution in [2.75, 3.05) is 5.32 Å². The maximum absolute atomic E-state index is 12.3. The summed E-state index contributed by atoms with van der Waals surface area (Å²) in [5.74, 6) is -0.583. The molecule has 3 rings (SSSR count). The largest absolute Gasteiger partial charge is 0.320 e. The van der Waals surface area contributed by atoms with Crippen LogP contribution in [-0.2, 0) is 0 Å². The number of hydrogen-bond acceptors (Lipinski definition) is 4. The highest BCUT2D eigenvalue weighted by Crippen LogP contribution is 2.29. The van der Waals surface area contributed by atoms with Gasteiger partial charge in [-0.2, -0.15) is 0 Å². The van der Waals surface area contributed by atoms with Gasteiger partial charge in [0.1, 0.15) is 5.56 Å². The minimum absolute atomic E-state index is 0.0636. The molecule has 5 nitrogen and oxygen atoms in total. The van der Waals surface area contributed by atoms with Crippen LogP contribution in [0.1, 0.15) is 15.2 Å². The molecule has 0 bridgehead atoms. The summed E-state index contributed by atoms with van der Waals surface area (Å²) < 4.78 is 1.36. The fourth-order valence-corrected chi connectivity index (χ4v) is 3.07. The van der Waals surface area contributed by atoms with E-state index in [1.54, 1.807) is 24.4 Å². The van der Waals surface area contributed by atoms with Crippen molar-refractivity contribution in [1.82, 2.24) is 9.38 Å². The monoisotopic (exact) mass is 353 g/mol. The number of carbonyl (C=O) groups excluding carboxylic acids is 1. The number of hydrogen-bond donors (Lipinski definition) is 1. The molecule has 1 amide bonds. The fourth-order valence-electron chi connectivity index (χ4n) is 1.94. The molecule has 0 radical (unpaired) electrons. The molecule has 1 N–H and O–H groups in total. The first-order valence-electron chi connectivity index (χ1n) is 6.20. The molecule has 0 atom stereocenters. The Hall–Kier alpha value is -1.89. The van der Waals surface area contributed by atoms with Crippen molar-refractivity contribution in [3.63, 3.8) is 0 Å². The van der Waals surface area contributed by atoms with Crippen LogP contribution in [0, 0.1) is 6.92 Å². The second kappa shape index (κ2) is 5.72. The maximum Gasteiger partial charge on any atom is 0.271 e. The molecular weight excluding hydrogens is 345 g/mol. The summed E-state index contributed by atoms with van der Waals surface area (Å²) in [6, 6.07) is 4.86. The highest BCUT2D eigenvalue weighted by atomic mass is 35.5. The summed E-state index contributed by atoms with van der Waals surface area (Å²) in [7, 11) is 0. The van der Waals surface area contributed by atoms with Gasteiger partial charge in [-0.25, -0.2) is 4.98 Å². The average Bonchev–Trinajstić information content (AvgIpc) is 2.85. The molecule has 2 heterocycles.